The molecule has 2 aliphatic carbocycles. The summed E-state index contributed by atoms with van der Waals surface area (Å²) in [6.07, 6.45) is 15.5. The number of carbonyl (C=O) groups excluding carboxylic acids is 1. The molecule has 2 saturated carbocycles. The monoisotopic (exact) mass is 398 g/mol. The molecule has 1 atom stereocenters. The fourth-order valence-electron chi connectivity index (χ4n) is 5.58. The van der Waals surface area contributed by atoms with Gasteiger partial charge in [0.1, 0.15) is 6.10 Å². The van der Waals surface area contributed by atoms with Gasteiger partial charge in [-0.3, -0.25) is 0 Å². The van der Waals surface area contributed by atoms with E-state index in [-0.39, 0.29) is 12.1 Å². The van der Waals surface area contributed by atoms with Gasteiger partial charge in [0.05, 0.1) is 5.56 Å². The highest BCUT2D eigenvalue weighted by Gasteiger charge is 2.31. The SMILES string of the molecule is CCC[C@H]1CC[C@H]([C@H]2CC[C@H](OC(=O)c3ccc(C[C@@H](C)CC)cc3)CC2)CC1. The lowest BCUT2D eigenvalue weighted by Gasteiger charge is -2.37. The van der Waals surface area contributed by atoms with Crippen molar-refractivity contribution in [3.63, 3.8) is 0 Å². The summed E-state index contributed by atoms with van der Waals surface area (Å²) in [7, 11) is 0. The van der Waals surface area contributed by atoms with Crippen LogP contribution in [0.1, 0.15) is 107 Å². The summed E-state index contributed by atoms with van der Waals surface area (Å²) in [4.78, 5) is 12.6. The zero-order valence-corrected chi connectivity index (χ0v) is 19.0. The Kier molecular flexibility index (Phi) is 8.63. The van der Waals surface area contributed by atoms with Gasteiger partial charge in [0.25, 0.3) is 0 Å². The molecule has 0 heterocycles. The van der Waals surface area contributed by atoms with E-state index in [1.165, 1.54) is 63.4 Å². The second kappa shape index (κ2) is 11.2. The van der Waals surface area contributed by atoms with Crippen LogP contribution < -0.4 is 0 Å². The third-order valence-electron chi connectivity index (χ3n) is 7.72. The van der Waals surface area contributed by atoms with Crippen LogP contribution in [0.2, 0.25) is 0 Å². The van der Waals surface area contributed by atoms with E-state index in [4.69, 9.17) is 4.74 Å². The normalized spacial score (nSPS) is 28.7. The molecule has 0 N–H and O–H groups in total. The molecule has 2 nitrogen and oxygen atoms in total. The Balaban J connectivity index is 1.40. The van der Waals surface area contributed by atoms with Crippen molar-refractivity contribution in [1.29, 1.82) is 0 Å². The zero-order chi connectivity index (χ0) is 20.6. The molecule has 0 amide bonds. The maximum atomic E-state index is 12.6. The van der Waals surface area contributed by atoms with Crippen LogP contribution in [0.5, 0.6) is 0 Å². The number of esters is 1. The molecule has 162 valence electrons. The molecule has 0 saturated heterocycles. The van der Waals surface area contributed by atoms with E-state index in [9.17, 15) is 4.79 Å². The molecule has 0 aromatic heterocycles. The summed E-state index contributed by atoms with van der Waals surface area (Å²) in [5.74, 6) is 3.34. The highest BCUT2D eigenvalue weighted by Crippen LogP contribution is 2.41. The van der Waals surface area contributed by atoms with Gasteiger partial charge in [-0.2, -0.15) is 0 Å². The van der Waals surface area contributed by atoms with Crippen LogP contribution in [0.25, 0.3) is 0 Å². The Morgan fingerprint density at radius 3 is 2.07 bits per heavy atom. The van der Waals surface area contributed by atoms with E-state index in [1.807, 2.05) is 12.1 Å². The van der Waals surface area contributed by atoms with E-state index >= 15 is 0 Å². The molecule has 0 bridgehead atoms. The summed E-state index contributed by atoms with van der Waals surface area (Å²) in [6, 6.07) is 8.07. The molecule has 1 aromatic carbocycles. The van der Waals surface area contributed by atoms with Gasteiger partial charge in [-0.05, 0) is 86.3 Å². The third kappa shape index (κ3) is 6.59. The first kappa shape index (κ1) is 22.4. The number of rotatable bonds is 8. The standard InChI is InChI=1S/C27H42O2/c1-4-6-21-7-11-23(12-8-21)24-15-17-26(18-16-24)29-27(28)25-13-9-22(10-14-25)19-20(3)5-2/h9-10,13-14,20-21,23-24,26H,4-8,11-12,15-19H2,1-3H3/t20-,21-,23-,24-,26-/m0/s1. The zero-order valence-electron chi connectivity index (χ0n) is 19.0. The number of carbonyl (C=O) groups is 1. The Morgan fingerprint density at radius 2 is 1.52 bits per heavy atom. The predicted octanol–water partition coefficient (Wildman–Crippen LogP) is 7.60. The minimum atomic E-state index is -0.136. The molecule has 2 heteroatoms. The van der Waals surface area contributed by atoms with Crippen molar-refractivity contribution in [2.75, 3.05) is 0 Å². The van der Waals surface area contributed by atoms with Gasteiger partial charge in [-0.1, -0.05) is 65.0 Å². The number of hydrogen-bond acceptors (Lipinski definition) is 2. The summed E-state index contributed by atoms with van der Waals surface area (Å²) < 4.78 is 5.87. The van der Waals surface area contributed by atoms with Crippen molar-refractivity contribution in [1.82, 2.24) is 0 Å². The molecule has 2 aliphatic rings. The quantitative estimate of drug-likeness (QED) is 0.421. The van der Waals surface area contributed by atoms with E-state index < -0.39 is 0 Å². The minimum absolute atomic E-state index is 0.120. The minimum Gasteiger partial charge on any atom is -0.459 e. The second-order valence-corrected chi connectivity index (χ2v) is 9.93. The maximum Gasteiger partial charge on any atom is 0.338 e. The van der Waals surface area contributed by atoms with Crippen molar-refractivity contribution < 1.29 is 9.53 Å². The van der Waals surface area contributed by atoms with Crippen LogP contribution in [0.4, 0.5) is 0 Å². The van der Waals surface area contributed by atoms with Crippen LogP contribution in [-0.2, 0) is 11.2 Å². The molecule has 3 rings (SSSR count). The van der Waals surface area contributed by atoms with Crippen molar-refractivity contribution in [2.45, 2.75) is 104 Å². The number of hydrogen-bond donors (Lipinski definition) is 0. The molecular weight excluding hydrogens is 356 g/mol. The van der Waals surface area contributed by atoms with E-state index in [0.717, 1.165) is 37.0 Å². The van der Waals surface area contributed by atoms with Gasteiger partial charge < -0.3 is 4.74 Å². The number of benzene rings is 1. The Labute approximate surface area is 178 Å². The van der Waals surface area contributed by atoms with E-state index in [2.05, 4.69) is 32.9 Å². The summed E-state index contributed by atoms with van der Waals surface area (Å²) in [6.45, 7) is 6.81. The van der Waals surface area contributed by atoms with Gasteiger partial charge in [-0.25, -0.2) is 4.79 Å². The predicted molar refractivity (Wildman–Crippen MR) is 121 cm³/mol. The summed E-state index contributed by atoms with van der Waals surface area (Å²) >= 11 is 0. The highest BCUT2D eigenvalue weighted by atomic mass is 16.5. The largest absolute Gasteiger partial charge is 0.459 e. The van der Waals surface area contributed by atoms with Crippen LogP contribution in [0.3, 0.4) is 0 Å². The lowest BCUT2D eigenvalue weighted by Crippen LogP contribution is -2.29. The van der Waals surface area contributed by atoms with Crippen LogP contribution in [-0.4, -0.2) is 12.1 Å². The highest BCUT2D eigenvalue weighted by molar-refractivity contribution is 5.89. The third-order valence-corrected chi connectivity index (χ3v) is 7.72. The van der Waals surface area contributed by atoms with Crippen molar-refractivity contribution in [3.8, 4) is 0 Å². The average molecular weight is 399 g/mol. The fraction of sp³-hybridized carbons (Fsp3) is 0.741. The van der Waals surface area contributed by atoms with Crippen molar-refractivity contribution >= 4 is 5.97 Å². The average Bonchev–Trinajstić information content (AvgIpc) is 2.75. The van der Waals surface area contributed by atoms with Gasteiger partial charge in [0, 0.05) is 0 Å². The molecule has 2 fully saturated rings. The molecular formula is C27H42O2. The maximum absolute atomic E-state index is 12.6. The first-order chi connectivity index (χ1) is 14.1. The first-order valence-corrected chi connectivity index (χ1v) is 12.4. The lowest BCUT2D eigenvalue weighted by atomic mass is 9.70. The summed E-state index contributed by atoms with van der Waals surface area (Å²) in [5.41, 5.74) is 2.01. The molecule has 1 aromatic rings. The van der Waals surface area contributed by atoms with Gasteiger partial charge in [0.2, 0.25) is 0 Å². The van der Waals surface area contributed by atoms with E-state index in [1.54, 1.807) is 0 Å². The Morgan fingerprint density at radius 1 is 0.931 bits per heavy atom. The second-order valence-electron chi connectivity index (χ2n) is 9.93. The molecule has 29 heavy (non-hydrogen) atoms. The first-order valence-electron chi connectivity index (χ1n) is 12.4. The smallest absolute Gasteiger partial charge is 0.338 e. The number of ether oxygens (including phenoxy) is 1. The Bertz CT molecular complexity index is 604. The van der Waals surface area contributed by atoms with Crippen molar-refractivity contribution in [3.05, 3.63) is 35.4 Å². The van der Waals surface area contributed by atoms with Crippen LogP contribution in [0.15, 0.2) is 24.3 Å². The molecule has 0 spiro atoms. The summed E-state index contributed by atoms with van der Waals surface area (Å²) in [5, 5.41) is 0. The van der Waals surface area contributed by atoms with E-state index in [0.29, 0.717) is 11.5 Å². The van der Waals surface area contributed by atoms with Gasteiger partial charge in [0.15, 0.2) is 0 Å². The van der Waals surface area contributed by atoms with Gasteiger partial charge >= 0.3 is 5.97 Å². The lowest BCUT2D eigenvalue weighted by molar-refractivity contribution is 0.0109. The van der Waals surface area contributed by atoms with Gasteiger partial charge in [-0.15, -0.1) is 0 Å². The van der Waals surface area contributed by atoms with Crippen LogP contribution in [0, 0.1) is 23.7 Å². The van der Waals surface area contributed by atoms with Crippen LogP contribution >= 0.6 is 0 Å². The molecule has 0 aliphatic heterocycles. The van der Waals surface area contributed by atoms with Crippen molar-refractivity contribution in [2.24, 2.45) is 23.7 Å². The fourth-order valence-corrected chi connectivity index (χ4v) is 5.58. The molecule has 0 radical (unpaired) electrons. The topological polar surface area (TPSA) is 26.3 Å². The molecule has 0 unspecified atom stereocenters. The Hall–Kier alpha value is -1.31.